The predicted octanol–water partition coefficient (Wildman–Crippen LogP) is 2.52. The molecule has 3 heterocycles. The van der Waals surface area contributed by atoms with E-state index in [0.717, 1.165) is 16.2 Å². The molecule has 3 rings (SSSR count). The highest BCUT2D eigenvalue weighted by atomic mass is 32.1. The number of urea groups is 1. The quantitative estimate of drug-likeness (QED) is 0.525. The first-order valence-corrected chi connectivity index (χ1v) is 7.62. The highest BCUT2D eigenvalue weighted by molar-refractivity contribution is 7.13. The third kappa shape index (κ3) is 2.48. The molecule has 1 unspecified atom stereocenters. The maximum Gasteiger partial charge on any atom is 0.325 e. The number of hydrogen-bond acceptors (Lipinski definition) is 6. The molecule has 0 bridgehead atoms. The van der Waals surface area contributed by atoms with Crippen molar-refractivity contribution in [2.75, 3.05) is 0 Å². The summed E-state index contributed by atoms with van der Waals surface area (Å²) in [6, 6.07) is 4.16. The first-order chi connectivity index (χ1) is 10.8. The van der Waals surface area contributed by atoms with Gasteiger partial charge in [-0.3, -0.25) is 19.8 Å². The van der Waals surface area contributed by atoms with E-state index >= 15 is 0 Å². The summed E-state index contributed by atoms with van der Waals surface area (Å²) >= 11 is 0.956. The van der Waals surface area contributed by atoms with Crippen LogP contribution >= 0.6 is 11.3 Å². The third-order valence-corrected chi connectivity index (χ3v) is 4.60. The van der Waals surface area contributed by atoms with Gasteiger partial charge in [0.05, 0.1) is 11.5 Å². The molecule has 1 N–H and O–H groups in total. The number of rotatable bonds is 4. The number of nitro groups is 1. The number of nitrogens with one attached hydrogen (secondary N) is 1. The summed E-state index contributed by atoms with van der Waals surface area (Å²) in [5.74, 6) is 0.535. The molecular weight excluding hydrogens is 322 g/mol. The number of aryl methyl sites for hydroxylation is 1. The van der Waals surface area contributed by atoms with E-state index < -0.39 is 22.4 Å². The van der Waals surface area contributed by atoms with Crippen LogP contribution in [0.5, 0.6) is 0 Å². The first-order valence-electron chi connectivity index (χ1n) is 6.74. The summed E-state index contributed by atoms with van der Waals surface area (Å²) in [6.45, 7) is 3.29. The summed E-state index contributed by atoms with van der Waals surface area (Å²) in [7, 11) is 0. The second-order valence-corrected chi connectivity index (χ2v) is 6.30. The highest BCUT2D eigenvalue weighted by Gasteiger charge is 2.51. The molecule has 0 radical (unpaired) electrons. The Hall–Kier alpha value is -2.68. The molecule has 0 spiro atoms. The van der Waals surface area contributed by atoms with Crippen molar-refractivity contribution < 1.29 is 18.9 Å². The molecule has 1 fully saturated rings. The Kier molecular flexibility index (Phi) is 3.44. The number of imide groups is 1. The van der Waals surface area contributed by atoms with E-state index in [9.17, 15) is 19.7 Å². The average Bonchev–Trinajstić information content (AvgIpc) is 3.16. The molecule has 0 aliphatic carbocycles. The van der Waals surface area contributed by atoms with Crippen molar-refractivity contribution in [3.8, 4) is 0 Å². The maximum atomic E-state index is 12.6. The fourth-order valence-corrected chi connectivity index (χ4v) is 3.15. The normalized spacial score (nSPS) is 20.9. The zero-order valence-corrected chi connectivity index (χ0v) is 13.2. The van der Waals surface area contributed by atoms with Crippen LogP contribution in [0.3, 0.4) is 0 Å². The van der Waals surface area contributed by atoms with Crippen molar-refractivity contribution in [2.45, 2.75) is 25.9 Å². The van der Waals surface area contributed by atoms with Crippen LogP contribution in [0.15, 0.2) is 28.0 Å². The minimum atomic E-state index is -1.27. The molecular formula is C14H13N3O5S. The van der Waals surface area contributed by atoms with Crippen LogP contribution in [-0.2, 0) is 16.9 Å². The average molecular weight is 335 g/mol. The van der Waals surface area contributed by atoms with Crippen molar-refractivity contribution in [3.05, 3.63) is 50.8 Å². The van der Waals surface area contributed by atoms with Crippen LogP contribution in [0.2, 0.25) is 0 Å². The van der Waals surface area contributed by atoms with E-state index in [0.29, 0.717) is 17.1 Å². The molecule has 2 aromatic rings. The second kappa shape index (κ2) is 5.20. The van der Waals surface area contributed by atoms with E-state index in [1.165, 1.54) is 6.07 Å². The van der Waals surface area contributed by atoms with Gasteiger partial charge >= 0.3 is 11.0 Å². The van der Waals surface area contributed by atoms with Crippen molar-refractivity contribution in [2.24, 2.45) is 0 Å². The molecule has 1 atom stereocenters. The predicted molar refractivity (Wildman–Crippen MR) is 80.9 cm³/mol. The van der Waals surface area contributed by atoms with E-state index in [1.54, 1.807) is 31.4 Å². The topological polar surface area (TPSA) is 106 Å². The fraction of sp³-hybridized carbons (Fsp3) is 0.286. The Morgan fingerprint density at radius 2 is 2.17 bits per heavy atom. The zero-order valence-electron chi connectivity index (χ0n) is 12.4. The maximum absolute atomic E-state index is 12.6. The van der Waals surface area contributed by atoms with Crippen molar-refractivity contribution in [1.82, 2.24) is 10.2 Å². The summed E-state index contributed by atoms with van der Waals surface area (Å²) < 4.78 is 5.47. The van der Waals surface area contributed by atoms with Gasteiger partial charge in [0.25, 0.3) is 5.91 Å². The van der Waals surface area contributed by atoms with Gasteiger partial charge in [0, 0.05) is 11.4 Å². The number of amides is 3. The number of thiophene rings is 1. The lowest BCUT2D eigenvalue weighted by atomic mass is 9.99. The SMILES string of the molecule is Cc1ccc(C2(C)NC(=O)N(Cc3csc([N+](=O)[O-])c3)C2=O)o1. The monoisotopic (exact) mass is 335 g/mol. The molecule has 120 valence electrons. The summed E-state index contributed by atoms with van der Waals surface area (Å²) in [6.07, 6.45) is 0. The van der Waals surface area contributed by atoms with Gasteiger partial charge in [-0.05, 0) is 31.5 Å². The van der Waals surface area contributed by atoms with Crippen molar-refractivity contribution >= 4 is 28.3 Å². The van der Waals surface area contributed by atoms with E-state index in [1.807, 2.05) is 0 Å². The molecule has 9 heteroatoms. The fourth-order valence-electron chi connectivity index (χ4n) is 2.43. The Labute approximate surface area is 134 Å². The number of furan rings is 1. The molecule has 2 aromatic heterocycles. The van der Waals surface area contributed by atoms with E-state index in [-0.39, 0.29) is 11.5 Å². The van der Waals surface area contributed by atoms with Crippen molar-refractivity contribution in [1.29, 1.82) is 0 Å². The summed E-state index contributed by atoms with van der Waals surface area (Å²) in [5, 5.41) is 14.9. The van der Waals surface area contributed by atoms with E-state index in [2.05, 4.69) is 5.32 Å². The largest absolute Gasteiger partial charge is 0.463 e. The molecule has 8 nitrogen and oxygen atoms in total. The minimum Gasteiger partial charge on any atom is -0.463 e. The van der Waals surface area contributed by atoms with Gasteiger partial charge in [-0.2, -0.15) is 0 Å². The van der Waals surface area contributed by atoms with Crippen molar-refractivity contribution in [3.63, 3.8) is 0 Å². The van der Waals surface area contributed by atoms with Gasteiger partial charge in [-0.1, -0.05) is 11.3 Å². The lowest BCUT2D eigenvalue weighted by Gasteiger charge is -2.18. The Morgan fingerprint density at radius 1 is 1.43 bits per heavy atom. The third-order valence-electron chi connectivity index (χ3n) is 3.67. The van der Waals surface area contributed by atoms with Gasteiger partial charge in [-0.15, -0.1) is 0 Å². The van der Waals surface area contributed by atoms with E-state index in [4.69, 9.17) is 4.42 Å². The second-order valence-electron chi connectivity index (χ2n) is 5.41. The molecule has 1 aliphatic rings. The molecule has 0 aromatic carbocycles. The standard InChI is InChI=1S/C14H13N3O5S/c1-8-3-4-10(22-8)14(2)12(18)16(13(19)15-14)6-9-5-11(17(20)21)23-7-9/h3-5,7H,6H2,1-2H3,(H,15,19). The van der Waals surface area contributed by atoms with Gasteiger partial charge < -0.3 is 9.73 Å². The van der Waals surface area contributed by atoms with Crippen LogP contribution in [0.1, 0.15) is 24.0 Å². The number of nitrogens with zero attached hydrogens (tertiary/aromatic N) is 2. The van der Waals surface area contributed by atoms with Crippen LogP contribution in [0, 0.1) is 17.0 Å². The summed E-state index contributed by atoms with van der Waals surface area (Å²) in [4.78, 5) is 36.0. The minimum absolute atomic E-state index is 0.0235. The zero-order chi connectivity index (χ0) is 16.8. The number of carbonyl (C=O) groups is 2. The number of carbonyl (C=O) groups excluding carboxylic acids is 2. The first kappa shape index (κ1) is 15.2. The lowest BCUT2D eigenvalue weighted by Crippen LogP contribution is -2.40. The van der Waals surface area contributed by atoms with Gasteiger partial charge in [0.1, 0.15) is 11.5 Å². The van der Waals surface area contributed by atoms with Crippen LogP contribution in [0.25, 0.3) is 0 Å². The highest BCUT2D eigenvalue weighted by Crippen LogP contribution is 2.32. The van der Waals surface area contributed by atoms with Crippen LogP contribution < -0.4 is 5.32 Å². The number of hydrogen-bond donors (Lipinski definition) is 1. The molecule has 1 saturated heterocycles. The van der Waals surface area contributed by atoms with Gasteiger partial charge in [0.2, 0.25) is 0 Å². The van der Waals surface area contributed by atoms with Crippen LogP contribution in [-0.4, -0.2) is 21.8 Å². The van der Waals surface area contributed by atoms with Crippen LogP contribution in [0.4, 0.5) is 9.80 Å². The Balaban J connectivity index is 1.85. The van der Waals surface area contributed by atoms with Gasteiger partial charge in [0.15, 0.2) is 5.54 Å². The Bertz CT molecular complexity index is 811. The van der Waals surface area contributed by atoms with Gasteiger partial charge in [-0.25, -0.2) is 4.79 Å². The molecule has 3 amide bonds. The molecule has 1 aliphatic heterocycles. The lowest BCUT2D eigenvalue weighted by molar-refractivity contribution is -0.380. The molecule has 23 heavy (non-hydrogen) atoms. The molecule has 0 saturated carbocycles. The Morgan fingerprint density at radius 3 is 2.74 bits per heavy atom. The smallest absolute Gasteiger partial charge is 0.325 e. The summed E-state index contributed by atoms with van der Waals surface area (Å²) in [5.41, 5.74) is -0.738.